The number of fused-ring (bicyclic) bond motifs is 1. The maximum Gasteiger partial charge on any atom is 0.0458 e. The summed E-state index contributed by atoms with van der Waals surface area (Å²) >= 11 is 0. The van der Waals surface area contributed by atoms with Crippen LogP contribution in [0.3, 0.4) is 0 Å². The van der Waals surface area contributed by atoms with E-state index in [-0.39, 0.29) is 5.54 Å². The fourth-order valence-electron chi connectivity index (χ4n) is 2.47. The zero-order valence-corrected chi connectivity index (χ0v) is 10.6. The maximum absolute atomic E-state index is 6.13. The second-order valence-corrected chi connectivity index (χ2v) is 5.62. The van der Waals surface area contributed by atoms with Crippen LogP contribution in [0.15, 0.2) is 18.2 Å². The molecule has 0 radical (unpaired) electrons. The lowest BCUT2D eigenvalue weighted by molar-refractivity contribution is 0.609. The first kappa shape index (κ1) is 10.8. The smallest absolute Gasteiger partial charge is 0.0458 e. The van der Waals surface area contributed by atoms with Crippen molar-refractivity contribution < 1.29 is 0 Å². The Balaban J connectivity index is 1.87. The molecule has 1 aromatic carbocycles. The average molecular weight is 228 g/mol. The highest BCUT2D eigenvalue weighted by Crippen LogP contribution is 2.36. The predicted molar refractivity (Wildman–Crippen MR) is 72.2 cm³/mol. The van der Waals surface area contributed by atoms with Crippen molar-refractivity contribution >= 4 is 10.9 Å². The lowest BCUT2D eigenvalue weighted by atomic mass is 10.0. The van der Waals surface area contributed by atoms with Crippen molar-refractivity contribution in [3.63, 3.8) is 0 Å². The van der Waals surface area contributed by atoms with Crippen molar-refractivity contribution in [2.45, 2.75) is 45.1 Å². The van der Waals surface area contributed by atoms with E-state index in [0.717, 1.165) is 12.8 Å². The van der Waals surface area contributed by atoms with E-state index < -0.39 is 0 Å². The van der Waals surface area contributed by atoms with Crippen molar-refractivity contribution in [2.75, 3.05) is 0 Å². The first-order valence-electron chi connectivity index (χ1n) is 6.44. The number of H-pyrrole nitrogens is 1. The van der Waals surface area contributed by atoms with Crippen LogP contribution >= 0.6 is 0 Å². The Hall–Kier alpha value is -1.28. The fraction of sp³-hybridized carbons (Fsp3) is 0.467. The van der Waals surface area contributed by atoms with Crippen LogP contribution in [0.1, 0.15) is 36.1 Å². The molecule has 17 heavy (non-hydrogen) atoms. The van der Waals surface area contributed by atoms with E-state index in [2.05, 4.69) is 37.0 Å². The van der Waals surface area contributed by atoms with Crippen molar-refractivity contribution in [3.05, 3.63) is 35.0 Å². The van der Waals surface area contributed by atoms with E-state index in [1.54, 1.807) is 0 Å². The molecule has 0 bridgehead atoms. The van der Waals surface area contributed by atoms with Crippen LogP contribution in [0.5, 0.6) is 0 Å². The summed E-state index contributed by atoms with van der Waals surface area (Å²) in [5.41, 5.74) is 11.6. The number of aromatic nitrogens is 1. The molecule has 3 rings (SSSR count). The molecular weight excluding hydrogens is 208 g/mol. The summed E-state index contributed by atoms with van der Waals surface area (Å²) in [5, 5.41) is 1.36. The van der Waals surface area contributed by atoms with E-state index in [1.165, 1.54) is 40.6 Å². The number of nitrogens with two attached hydrogens (primary N) is 1. The minimum absolute atomic E-state index is 0.165. The summed E-state index contributed by atoms with van der Waals surface area (Å²) in [6, 6.07) is 6.74. The monoisotopic (exact) mass is 228 g/mol. The molecule has 1 aromatic heterocycles. The van der Waals surface area contributed by atoms with Crippen LogP contribution in [0, 0.1) is 13.8 Å². The number of aromatic amines is 1. The van der Waals surface area contributed by atoms with Gasteiger partial charge in [-0.15, -0.1) is 0 Å². The molecule has 2 heteroatoms. The molecule has 90 valence electrons. The topological polar surface area (TPSA) is 41.8 Å². The summed E-state index contributed by atoms with van der Waals surface area (Å²) in [5.74, 6) is 0. The molecule has 1 heterocycles. The third-order valence-electron chi connectivity index (χ3n) is 4.18. The van der Waals surface area contributed by atoms with Gasteiger partial charge >= 0.3 is 0 Å². The zero-order chi connectivity index (χ0) is 12.0. The number of hydrogen-bond donors (Lipinski definition) is 2. The molecular formula is C15H20N2. The van der Waals surface area contributed by atoms with Gasteiger partial charge in [-0.25, -0.2) is 0 Å². The second kappa shape index (κ2) is 3.61. The van der Waals surface area contributed by atoms with Gasteiger partial charge in [0.25, 0.3) is 0 Å². The highest BCUT2D eigenvalue weighted by Gasteiger charge is 2.37. The van der Waals surface area contributed by atoms with Gasteiger partial charge < -0.3 is 10.7 Å². The minimum atomic E-state index is 0.165. The van der Waals surface area contributed by atoms with Crippen molar-refractivity contribution in [3.8, 4) is 0 Å². The van der Waals surface area contributed by atoms with Crippen LogP contribution in [0.25, 0.3) is 10.9 Å². The molecule has 1 saturated carbocycles. The molecule has 3 N–H and O–H groups in total. The summed E-state index contributed by atoms with van der Waals surface area (Å²) in [7, 11) is 0. The van der Waals surface area contributed by atoms with Crippen LogP contribution in [0.2, 0.25) is 0 Å². The standard InChI is InChI=1S/C15H20N2/c1-10-11(2)17-14-4-3-12(9-13(10)14)5-6-15(16)7-8-15/h3-4,9,17H,5-8,16H2,1-2H3. The zero-order valence-electron chi connectivity index (χ0n) is 10.6. The molecule has 0 spiro atoms. The van der Waals surface area contributed by atoms with E-state index in [9.17, 15) is 0 Å². The molecule has 0 aliphatic heterocycles. The first-order chi connectivity index (χ1) is 8.07. The van der Waals surface area contributed by atoms with E-state index in [0.29, 0.717) is 0 Å². The summed E-state index contributed by atoms with van der Waals surface area (Å²) in [6.45, 7) is 4.32. The van der Waals surface area contributed by atoms with Gasteiger partial charge in [0.15, 0.2) is 0 Å². The minimum Gasteiger partial charge on any atom is -0.358 e. The molecule has 1 aliphatic carbocycles. The predicted octanol–water partition coefficient (Wildman–Crippen LogP) is 3.21. The van der Waals surface area contributed by atoms with Gasteiger partial charge in [-0.2, -0.15) is 0 Å². The number of rotatable bonds is 3. The van der Waals surface area contributed by atoms with Crippen molar-refractivity contribution in [2.24, 2.45) is 5.73 Å². The lowest BCUT2D eigenvalue weighted by Crippen LogP contribution is -2.22. The van der Waals surface area contributed by atoms with Gasteiger partial charge in [-0.1, -0.05) is 6.07 Å². The molecule has 1 aliphatic rings. The van der Waals surface area contributed by atoms with Crippen molar-refractivity contribution in [1.82, 2.24) is 4.98 Å². The number of nitrogens with one attached hydrogen (secondary N) is 1. The van der Waals surface area contributed by atoms with Gasteiger partial charge in [0.2, 0.25) is 0 Å². The highest BCUT2D eigenvalue weighted by atomic mass is 14.8. The van der Waals surface area contributed by atoms with E-state index in [1.807, 2.05) is 0 Å². The number of benzene rings is 1. The first-order valence-corrected chi connectivity index (χ1v) is 6.44. The van der Waals surface area contributed by atoms with Gasteiger partial charge in [0.05, 0.1) is 0 Å². The van der Waals surface area contributed by atoms with Gasteiger partial charge in [-0.05, 0) is 62.8 Å². The van der Waals surface area contributed by atoms with Gasteiger partial charge in [0, 0.05) is 22.1 Å². The Labute approximate surface area is 102 Å². The second-order valence-electron chi connectivity index (χ2n) is 5.62. The van der Waals surface area contributed by atoms with E-state index in [4.69, 9.17) is 5.73 Å². The van der Waals surface area contributed by atoms with Crippen molar-refractivity contribution in [1.29, 1.82) is 0 Å². The maximum atomic E-state index is 6.13. The highest BCUT2D eigenvalue weighted by molar-refractivity contribution is 5.84. The summed E-state index contributed by atoms with van der Waals surface area (Å²) in [4.78, 5) is 3.41. The number of aryl methyl sites for hydroxylation is 3. The molecule has 2 aromatic rings. The quantitative estimate of drug-likeness (QED) is 0.832. The Morgan fingerprint density at radius 3 is 2.76 bits per heavy atom. The lowest BCUT2D eigenvalue weighted by Gasteiger charge is -2.08. The fourth-order valence-corrected chi connectivity index (χ4v) is 2.47. The van der Waals surface area contributed by atoms with Crippen LogP contribution in [0.4, 0.5) is 0 Å². The Kier molecular flexibility index (Phi) is 2.30. The number of hydrogen-bond acceptors (Lipinski definition) is 1. The Morgan fingerprint density at radius 1 is 1.29 bits per heavy atom. The third kappa shape index (κ3) is 1.98. The van der Waals surface area contributed by atoms with Gasteiger partial charge in [-0.3, -0.25) is 0 Å². The molecule has 0 atom stereocenters. The van der Waals surface area contributed by atoms with Crippen LogP contribution in [-0.2, 0) is 6.42 Å². The summed E-state index contributed by atoms with van der Waals surface area (Å²) < 4.78 is 0. The third-order valence-corrected chi connectivity index (χ3v) is 4.18. The van der Waals surface area contributed by atoms with Crippen LogP contribution < -0.4 is 5.73 Å². The summed E-state index contributed by atoms with van der Waals surface area (Å²) in [6.07, 6.45) is 4.64. The largest absolute Gasteiger partial charge is 0.358 e. The molecule has 0 amide bonds. The molecule has 0 saturated heterocycles. The SMILES string of the molecule is Cc1[nH]c2ccc(CCC3(N)CC3)cc2c1C. The normalized spacial score (nSPS) is 17.6. The molecule has 2 nitrogen and oxygen atoms in total. The molecule has 0 unspecified atom stereocenters. The van der Waals surface area contributed by atoms with Gasteiger partial charge in [0.1, 0.15) is 0 Å². The average Bonchev–Trinajstić information content (AvgIpc) is 2.98. The van der Waals surface area contributed by atoms with Crippen LogP contribution in [-0.4, -0.2) is 10.5 Å². The Bertz CT molecular complexity index is 562. The van der Waals surface area contributed by atoms with E-state index >= 15 is 0 Å². The molecule has 1 fully saturated rings. The Morgan fingerprint density at radius 2 is 2.06 bits per heavy atom.